The van der Waals surface area contributed by atoms with Crippen LogP contribution in [0, 0.1) is 11.3 Å². The van der Waals surface area contributed by atoms with Crippen LogP contribution in [0.15, 0.2) is 23.1 Å². The third-order valence-corrected chi connectivity index (χ3v) is 4.97. The van der Waals surface area contributed by atoms with Gasteiger partial charge in [0, 0.05) is 0 Å². The molecular formula is C13H16N2O2S. The van der Waals surface area contributed by atoms with Crippen molar-refractivity contribution in [3.8, 4) is 6.07 Å². The van der Waals surface area contributed by atoms with E-state index in [9.17, 15) is 8.42 Å². The molecule has 1 aromatic carbocycles. The van der Waals surface area contributed by atoms with Crippen LogP contribution < -0.4 is 5.32 Å². The van der Waals surface area contributed by atoms with Crippen molar-refractivity contribution in [2.75, 3.05) is 11.1 Å². The fourth-order valence-corrected chi connectivity index (χ4v) is 3.95. The fourth-order valence-electron chi connectivity index (χ4n) is 2.26. The van der Waals surface area contributed by atoms with Gasteiger partial charge in [0.05, 0.1) is 34.9 Å². The normalized spacial score (nSPS) is 20.9. The lowest BCUT2D eigenvalue weighted by molar-refractivity contribution is 0.585. The minimum Gasteiger partial charge on any atom is -0.379 e. The lowest BCUT2D eigenvalue weighted by Crippen LogP contribution is -2.34. The molecule has 96 valence electrons. The van der Waals surface area contributed by atoms with Gasteiger partial charge in [-0.2, -0.15) is 5.26 Å². The Balaban J connectivity index is 2.57. The quantitative estimate of drug-likeness (QED) is 0.889. The van der Waals surface area contributed by atoms with E-state index in [1.807, 2.05) is 26.0 Å². The highest BCUT2D eigenvalue weighted by Gasteiger charge is 2.31. The molecule has 1 unspecified atom stereocenters. The Morgan fingerprint density at radius 2 is 2.22 bits per heavy atom. The standard InChI is InChI=1S/C13H16N2O2S/c1-9(2)11-4-3-5-12-13(11)15-10(6-7-14)8-18(12,16)17/h3-5,9-10,15H,6,8H2,1-2H3. The van der Waals surface area contributed by atoms with Crippen LogP contribution in [0.25, 0.3) is 0 Å². The zero-order chi connectivity index (χ0) is 13.3. The lowest BCUT2D eigenvalue weighted by atomic mass is 10.0. The van der Waals surface area contributed by atoms with Gasteiger partial charge in [0.2, 0.25) is 0 Å². The molecule has 1 N–H and O–H groups in total. The summed E-state index contributed by atoms with van der Waals surface area (Å²) in [6.07, 6.45) is 0.200. The summed E-state index contributed by atoms with van der Waals surface area (Å²) in [6, 6.07) is 7.05. The molecule has 1 aromatic rings. The predicted molar refractivity (Wildman–Crippen MR) is 70.2 cm³/mol. The van der Waals surface area contributed by atoms with Gasteiger partial charge >= 0.3 is 0 Å². The van der Waals surface area contributed by atoms with Crippen molar-refractivity contribution >= 4 is 15.5 Å². The van der Waals surface area contributed by atoms with Gasteiger partial charge in [-0.25, -0.2) is 8.42 Å². The first-order valence-corrected chi connectivity index (χ1v) is 7.60. The molecule has 1 heterocycles. The summed E-state index contributed by atoms with van der Waals surface area (Å²) < 4.78 is 24.4. The number of benzene rings is 1. The van der Waals surface area contributed by atoms with Crippen LogP contribution in [-0.2, 0) is 9.84 Å². The summed E-state index contributed by atoms with van der Waals surface area (Å²) in [6.45, 7) is 4.05. The number of sulfone groups is 1. The van der Waals surface area contributed by atoms with Crippen molar-refractivity contribution in [2.45, 2.75) is 37.1 Å². The van der Waals surface area contributed by atoms with Crippen molar-refractivity contribution in [3.05, 3.63) is 23.8 Å². The molecule has 0 fully saturated rings. The van der Waals surface area contributed by atoms with Crippen molar-refractivity contribution < 1.29 is 8.42 Å². The summed E-state index contributed by atoms with van der Waals surface area (Å²) in [7, 11) is -3.28. The summed E-state index contributed by atoms with van der Waals surface area (Å²) in [5.74, 6) is 0.234. The molecule has 1 atom stereocenters. The first kappa shape index (κ1) is 12.9. The predicted octanol–water partition coefficient (Wildman–Crippen LogP) is 2.29. The van der Waals surface area contributed by atoms with E-state index in [4.69, 9.17) is 5.26 Å². The maximum Gasteiger partial charge on any atom is 0.182 e. The van der Waals surface area contributed by atoms with E-state index >= 15 is 0 Å². The number of fused-ring (bicyclic) bond motifs is 1. The van der Waals surface area contributed by atoms with Crippen LogP contribution >= 0.6 is 0 Å². The van der Waals surface area contributed by atoms with Gasteiger partial charge in [0.25, 0.3) is 0 Å². The minimum atomic E-state index is -3.28. The third-order valence-electron chi connectivity index (χ3n) is 3.12. The number of nitriles is 1. The van der Waals surface area contributed by atoms with Gasteiger partial charge in [-0.3, -0.25) is 0 Å². The number of hydrogen-bond donors (Lipinski definition) is 1. The largest absolute Gasteiger partial charge is 0.379 e. The summed E-state index contributed by atoms with van der Waals surface area (Å²) in [5, 5.41) is 11.9. The smallest absolute Gasteiger partial charge is 0.182 e. The summed E-state index contributed by atoms with van der Waals surface area (Å²) in [4.78, 5) is 0.364. The molecule has 0 saturated carbocycles. The second-order valence-corrected chi connectivity index (χ2v) is 6.86. The molecule has 5 heteroatoms. The first-order valence-electron chi connectivity index (χ1n) is 5.95. The number of anilines is 1. The van der Waals surface area contributed by atoms with Crippen molar-refractivity contribution in [3.63, 3.8) is 0 Å². The monoisotopic (exact) mass is 264 g/mol. The highest BCUT2D eigenvalue weighted by molar-refractivity contribution is 7.91. The van der Waals surface area contributed by atoms with E-state index in [0.717, 1.165) is 5.56 Å². The zero-order valence-corrected chi connectivity index (χ0v) is 11.3. The minimum absolute atomic E-state index is 0.00485. The maximum atomic E-state index is 12.2. The Bertz CT molecular complexity index is 600. The first-order chi connectivity index (χ1) is 8.45. The van der Waals surface area contributed by atoms with E-state index < -0.39 is 9.84 Å². The van der Waals surface area contributed by atoms with E-state index in [1.165, 1.54) is 0 Å². The lowest BCUT2D eigenvalue weighted by Gasteiger charge is -2.28. The molecule has 0 radical (unpaired) electrons. The second-order valence-electron chi connectivity index (χ2n) is 4.86. The molecule has 2 rings (SSSR count). The highest BCUT2D eigenvalue weighted by Crippen LogP contribution is 2.35. The van der Waals surface area contributed by atoms with Crippen LogP contribution in [0.1, 0.15) is 31.7 Å². The van der Waals surface area contributed by atoms with Crippen LogP contribution in [0.3, 0.4) is 0 Å². The molecule has 1 aliphatic rings. The summed E-state index contributed by atoms with van der Waals surface area (Å²) in [5.41, 5.74) is 1.66. The number of nitrogens with zero attached hydrogens (tertiary/aromatic N) is 1. The van der Waals surface area contributed by atoms with Crippen LogP contribution in [0.2, 0.25) is 0 Å². The number of para-hydroxylation sites is 1. The highest BCUT2D eigenvalue weighted by atomic mass is 32.2. The van der Waals surface area contributed by atoms with Gasteiger partial charge in [-0.15, -0.1) is 0 Å². The molecule has 0 aromatic heterocycles. The Hall–Kier alpha value is -1.54. The van der Waals surface area contributed by atoms with Gasteiger partial charge in [-0.1, -0.05) is 26.0 Å². The fraction of sp³-hybridized carbons (Fsp3) is 0.462. The number of nitrogens with one attached hydrogen (secondary N) is 1. The second kappa shape index (κ2) is 4.62. The van der Waals surface area contributed by atoms with Crippen LogP contribution in [0.5, 0.6) is 0 Å². The van der Waals surface area contributed by atoms with E-state index in [1.54, 1.807) is 12.1 Å². The van der Waals surface area contributed by atoms with Gasteiger partial charge in [0.15, 0.2) is 9.84 Å². The van der Waals surface area contributed by atoms with E-state index in [2.05, 4.69) is 5.32 Å². The molecule has 0 amide bonds. The summed E-state index contributed by atoms with van der Waals surface area (Å²) >= 11 is 0. The van der Waals surface area contributed by atoms with E-state index in [-0.39, 0.29) is 24.1 Å². The molecule has 0 spiro atoms. The molecule has 0 bridgehead atoms. The Kier molecular flexibility index (Phi) is 3.31. The maximum absolute atomic E-state index is 12.2. The van der Waals surface area contributed by atoms with E-state index in [0.29, 0.717) is 10.6 Å². The average Bonchev–Trinajstić information content (AvgIpc) is 2.27. The van der Waals surface area contributed by atoms with Gasteiger partial charge < -0.3 is 5.32 Å². The van der Waals surface area contributed by atoms with Crippen molar-refractivity contribution in [2.24, 2.45) is 0 Å². The molecule has 18 heavy (non-hydrogen) atoms. The van der Waals surface area contributed by atoms with Crippen LogP contribution in [0.4, 0.5) is 5.69 Å². The Morgan fingerprint density at radius 1 is 1.50 bits per heavy atom. The third kappa shape index (κ3) is 2.21. The number of rotatable bonds is 2. The topological polar surface area (TPSA) is 70.0 Å². The van der Waals surface area contributed by atoms with Gasteiger partial charge in [-0.05, 0) is 17.5 Å². The molecule has 0 saturated heterocycles. The zero-order valence-electron chi connectivity index (χ0n) is 10.5. The van der Waals surface area contributed by atoms with Crippen molar-refractivity contribution in [1.29, 1.82) is 5.26 Å². The Labute approximate surface area is 108 Å². The molecule has 1 aliphatic heterocycles. The van der Waals surface area contributed by atoms with Crippen molar-refractivity contribution in [1.82, 2.24) is 0 Å². The molecular weight excluding hydrogens is 248 g/mol. The molecule has 4 nitrogen and oxygen atoms in total. The SMILES string of the molecule is CC(C)c1cccc2c1NC(CC#N)CS2(=O)=O. The van der Waals surface area contributed by atoms with Crippen LogP contribution in [-0.4, -0.2) is 20.2 Å². The average molecular weight is 264 g/mol. The Morgan fingerprint density at radius 3 is 2.83 bits per heavy atom. The number of hydrogen-bond acceptors (Lipinski definition) is 4. The van der Waals surface area contributed by atoms with Gasteiger partial charge in [0.1, 0.15) is 0 Å². The molecule has 0 aliphatic carbocycles.